The summed E-state index contributed by atoms with van der Waals surface area (Å²) in [5.41, 5.74) is 1.04. The highest BCUT2D eigenvalue weighted by Gasteiger charge is 2.61. The fourth-order valence-electron chi connectivity index (χ4n) is 11.4. The van der Waals surface area contributed by atoms with E-state index in [9.17, 15) is 25.2 Å². The number of ether oxygens (including phenoxy) is 6. The maximum absolute atomic E-state index is 13.5. The highest BCUT2D eigenvalue weighted by Crippen LogP contribution is 2.68. The van der Waals surface area contributed by atoms with E-state index in [0.717, 1.165) is 68.4 Å². The lowest BCUT2D eigenvalue weighted by Crippen LogP contribution is -2.52. The second kappa shape index (κ2) is 17.6. The number of ketones is 1. The summed E-state index contributed by atoms with van der Waals surface area (Å²) in [4.78, 5) is 13.5. The summed E-state index contributed by atoms with van der Waals surface area (Å²) in [7, 11) is 3.39. The van der Waals surface area contributed by atoms with Crippen molar-refractivity contribution in [3.8, 4) is 11.5 Å². The largest absolute Gasteiger partial charge is 0.497 e. The Hall–Kier alpha value is -2.09. The first-order valence-electron chi connectivity index (χ1n) is 20.5. The van der Waals surface area contributed by atoms with Crippen LogP contribution in [0.3, 0.4) is 0 Å². The maximum Gasteiger partial charge on any atom is 0.161 e. The van der Waals surface area contributed by atoms with E-state index in [1.165, 1.54) is 0 Å². The average molecular weight is 759 g/mol. The summed E-state index contributed by atoms with van der Waals surface area (Å²) in [6.45, 7) is 8.43. The molecule has 1 aromatic rings. The van der Waals surface area contributed by atoms with E-state index in [4.69, 9.17) is 28.4 Å². The number of aliphatic hydroxyl groups excluding tert-OH is 4. The third kappa shape index (κ3) is 8.59. The molecule has 2 aliphatic heterocycles. The van der Waals surface area contributed by atoms with E-state index in [2.05, 4.69) is 39.0 Å². The fraction of sp³-hybridized carbons (Fsp3) is 0.791. The summed E-state index contributed by atoms with van der Waals surface area (Å²) in [6.07, 6.45) is 7.73. The van der Waals surface area contributed by atoms with Gasteiger partial charge in [0, 0.05) is 30.7 Å². The van der Waals surface area contributed by atoms with Gasteiger partial charge in [-0.15, -0.1) is 0 Å². The molecule has 15 atom stereocenters. The minimum Gasteiger partial charge on any atom is -0.497 e. The molecule has 54 heavy (non-hydrogen) atoms. The van der Waals surface area contributed by atoms with Crippen LogP contribution in [-0.2, 0) is 23.7 Å². The number of rotatable bonds is 15. The van der Waals surface area contributed by atoms with Gasteiger partial charge < -0.3 is 48.8 Å². The Kier molecular flexibility index (Phi) is 13.5. The van der Waals surface area contributed by atoms with Crippen LogP contribution in [0.15, 0.2) is 30.4 Å². The van der Waals surface area contributed by atoms with Gasteiger partial charge in [-0.25, -0.2) is 0 Å². The minimum atomic E-state index is -1.14. The topological polar surface area (TPSA) is 153 Å². The van der Waals surface area contributed by atoms with E-state index in [0.29, 0.717) is 24.2 Å². The lowest BCUT2D eigenvalue weighted by Gasteiger charge is -2.54. The van der Waals surface area contributed by atoms with Crippen LogP contribution >= 0.6 is 0 Å². The Morgan fingerprint density at radius 2 is 1.81 bits per heavy atom. The van der Waals surface area contributed by atoms with Crippen molar-refractivity contribution in [3.63, 3.8) is 0 Å². The molecule has 0 amide bonds. The van der Waals surface area contributed by atoms with Crippen molar-refractivity contribution in [1.29, 1.82) is 0 Å². The molecule has 11 nitrogen and oxygen atoms in total. The second-order valence-electron chi connectivity index (χ2n) is 17.4. The second-order valence-corrected chi connectivity index (χ2v) is 17.4. The number of Topliss-reactive ketones (excluding diaryl/α,β-unsaturated/α-hetero) is 1. The van der Waals surface area contributed by atoms with Crippen LogP contribution in [-0.4, -0.2) is 103 Å². The average Bonchev–Trinajstić information content (AvgIpc) is 3.48. The number of allylic oxidation sites excluding steroid dienone is 2. The van der Waals surface area contributed by atoms with Gasteiger partial charge in [0.2, 0.25) is 0 Å². The van der Waals surface area contributed by atoms with Gasteiger partial charge in [-0.05, 0) is 105 Å². The van der Waals surface area contributed by atoms with Gasteiger partial charge >= 0.3 is 0 Å². The van der Waals surface area contributed by atoms with E-state index >= 15 is 0 Å². The van der Waals surface area contributed by atoms with E-state index in [1.54, 1.807) is 21.1 Å². The van der Waals surface area contributed by atoms with Gasteiger partial charge in [-0.2, -0.15) is 0 Å². The molecule has 5 aliphatic rings. The van der Waals surface area contributed by atoms with E-state index < -0.39 is 43.1 Å². The zero-order valence-corrected chi connectivity index (χ0v) is 33.2. The highest BCUT2D eigenvalue weighted by molar-refractivity contribution is 5.81. The molecule has 304 valence electrons. The molecule has 4 N–H and O–H groups in total. The van der Waals surface area contributed by atoms with Gasteiger partial charge in [0.25, 0.3) is 0 Å². The van der Waals surface area contributed by atoms with Crippen LogP contribution in [0, 0.1) is 34.5 Å². The predicted octanol–water partition coefficient (Wildman–Crippen LogP) is 5.69. The molecule has 11 heteroatoms. The molecular formula is C43H66O11. The smallest absolute Gasteiger partial charge is 0.161 e. The summed E-state index contributed by atoms with van der Waals surface area (Å²) < 4.78 is 35.5. The lowest BCUT2D eigenvalue weighted by molar-refractivity contribution is -0.290. The fourth-order valence-corrected chi connectivity index (χ4v) is 11.4. The van der Waals surface area contributed by atoms with Gasteiger partial charge in [0.15, 0.2) is 12.6 Å². The van der Waals surface area contributed by atoms with Crippen molar-refractivity contribution in [2.45, 2.75) is 153 Å². The van der Waals surface area contributed by atoms with Crippen LogP contribution in [0.4, 0.5) is 0 Å². The Morgan fingerprint density at radius 3 is 2.52 bits per heavy atom. The van der Waals surface area contributed by atoms with Crippen molar-refractivity contribution >= 4 is 5.78 Å². The molecule has 2 heterocycles. The number of hydrogen-bond acceptors (Lipinski definition) is 11. The van der Waals surface area contributed by atoms with Crippen LogP contribution in [0.5, 0.6) is 11.5 Å². The number of benzene rings is 1. The molecule has 2 saturated heterocycles. The first-order valence-corrected chi connectivity index (χ1v) is 20.5. The van der Waals surface area contributed by atoms with E-state index in [1.807, 2.05) is 12.1 Å². The van der Waals surface area contributed by atoms with Crippen LogP contribution in [0.2, 0.25) is 0 Å². The summed E-state index contributed by atoms with van der Waals surface area (Å²) >= 11 is 0. The Morgan fingerprint density at radius 1 is 1.02 bits per heavy atom. The SMILES string of the molecule is CCC(CCCC1(C)C=CCC2C1CCC1(C)C2CC(c2cc(OC)ccc2OC)C1C(C)=O)OC1CC(O)[C@H](O)C(COC2CC(O)CC(CO)O2)O1. The Labute approximate surface area is 321 Å². The minimum absolute atomic E-state index is 0.0356. The first kappa shape index (κ1) is 41.5. The Balaban J connectivity index is 1.07. The summed E-state index contributed by atoms with van der Waals surface area (Å²) in [5, 5.41) is 41.0. The lowest BCUT2D eigenvalue weighted by atomic mass is 9.50. The number of carbonyl (C=O) groups excluding carboxylic acids is 1. The highest BCUT2D eigenvalue weighted by atomic mass is 16.7. The zero-order valence-electron chi connectivity index (χ0n) is 33.2. The number of methoxy groups -OCH3 is 2. The predicted molar refractivity (Wildman–Crippen MR) is 202 cm³/mol. The Bertz CT molecular complexity index is 1440. The molecule has 14 unspecified atom stereocenters. The molecule has 3 aliphatic carbocycles. The van der Waals surface area contributed by atoms with Crippen LogP contribution in [0.25, 0.3) is 0 Å². The molecule has 0 aromatic heterocycles. The number of carbonyl (C=O) groups is 1. The zero-order chi connectivity index (χ0) is 38.8. The molecule has 4 fully saturated rings. The van der Waals surface area contributed by atoms with Crippen molar-refractivity contribution in [2.24, 2.45) is 34.5 Å². The molecular weight excluding hydrogens is 692 g/mol. The molecule has 6 rings (SSSR count). The maximum atomic E-state index is 13.5. The number of aliphatic hydroxyl groups is 4. The molecule has 0 radical (unpaired) electrons. The number of hydrogen-bond donors (Lipinski definition) is 4. The summed E-state index contributed by atoms with van der Waals surface area (Å²) in [6, 6.07) is 5.98. The quantitative estimate of drug-likeness (QED) is 0.163. The first-order chi connectivity index (χ1) is 25.8. The van der Waals surface area contributed by atoms with Crippen LogP contribution in [0.1, 0.15) is 110 Å². The van der Waals surface area contributed by atoms with Gasteiger partial charge in [-0.3, -0.25) is 4.79 Å². The standard InChI is InChI=1S/C43H66O11/c1-7-27(52-39-22-35(47)41(48)37(54-39)24-51-38-19-26(46)18-29(23-44)53-38)10-8-15-42(3)16-9-11-30-33(42)14-17-43(4)34(30)21-32(40(43)25(2)45)31-20-28(49-5)12-13-36(31)50-6/h9,12-13,16,20,26-27,29-30,32-35,37-41,44,46-48H,7-8,10-11,14-15,17-19,21-24H2,1-6H3/t26?,27?,29?,30?,32?,33?,34?,35?,37?,38?,39?,40?,41-,42?,43?/m0/s1. The van der Waals surface area contributed by atoms with Crippen LogP contribution < -0.4 is 9.47 Å². The van der Waals surface area contributed by atoms with Crippen molar-refractivity contribution < 1.29 is 53.6 Å². The van der Waals surface area contributed by atoms with Gasteiger partial charge in [0.1, 0.15) is 29.5 Å². The summed E-state index contributed by atoms with van der Waals surface area (Å²) in [5.74, 6) is 3.35. The monoisotopic (exact) mass is 758 g/mol. The third-order valence-corrected chi connectivity index (χ3v) is 14.1. The molecule has 1 aromatic carbocycles. The van der Waals surface area contributed by atoms with Crippen molar-refractivity contribution in [3.05, 3.63) is 35.9 Å². The molecule has 0 bridgehead atoms. The van der Waals surface area contributed by atoms with Gasteiger partial charge in [0.05, 0.1) is 51.8 Å². The normalized spacial score (nSPS) is 41.1. The third-order valence-electron chi connectivity index (χ3n) is 14.1. The molecule has 0 spiro atoms. The van der Waals surface area contributed by atoms with Gasteiger partial charge in [-0.1, -0.05) is 39.3 Å². The van der Waals surface area contributed by atoms with Crippen molar-refractivity contribution in [1.82, 2.24) is 0 Å². The number of fused-ring (bicyclic) bond motifs is 3. The molecule has 2 saturated carbocycles. The van der Waals surface area contributed by atoms with Crippen molar-refractivity contribution in [2.75, 3.05) is 27.4 Å². The van der Waals surface area contributed by atoms with E-state index in [-0.39, 0.29) is 60.6 Å².